The third-order valence-corrected chi connectivity index (χ3v) is 3.34. The van der Waals surface area contributed by atoms with Crippen molar-refractivity contribution in [1.82, 2.24) is 9.91 Å². The van der Waals surface area contributed by atoms with Gasteiger partial charge in [-0.25, -0.2) is 0 Å². The second kappa shape index (κ2) is 7.14. The largest absolute Gasteiger partial charge is 0.493 e. The molecule has 0 aromatic heterocycles. The molecule has 0 unspecified atom stereocenters. The SMILES string of the molecule is CCOc1ccc(/C=N/N2CCN(C)CC2)cc1OC. The summed E-state index contributed by atoms with van der Waals surface area (Å²) in [6.45, 7) is 6.66. The number of hydrogen-bond donors (Lipinski definition) is 0. The van der Waals surface area contributed by atoms with Gasteiger partial charge in [0.05, 0.1) is 19.9 Å². The van der Waals surface area contributed by atoms with Gasteiger partial charge in [-0.3, -0.25) is 5.01 Å². The molecular formula is C15H23N3O2. The van der Waals surface area contributed by atoms with Gasteiger partial charge in [-0.2, -0.15) is 5.10 Å². The number of likely N-dealkylation sites (N-methyl/N-ethyl adjacent to an activating group) is 1. The van der Waals surface area contributed by atoms with Gasteiger partial charge < -0.3 is 14.4 Å². The van der Waals surface area contributed by atoms with E-state index in [-0.39, 0.29) is 0 Å². The van der Waals surface area contributed by atoms with Gasteiger partial charge in [-0.15, -0.1) is 0 Å². The van der Waals surface area contributed by atoms with E-state index in [1.165, 1.54) is 0 Å². The molecule has 0 saturated carbocycles. The van der Waals surface area contributed by atoms with Gasteiger partial charge in [0.25, 0.3) is 0 Å². The molecule has 0 amide bonds. The average Bonchev–Trinajstić information content (AvgIpc) is 2.48. The van der Waals surface area contributed by atoms with Crippen molar-refractivity contribution >= 4 is 6.21 Å². The summed E-state index contributed by atoms with van der Waals surface area (Å²) in [6.07, 6.45) is 1.88. The summed E-state index contributed by atoms with van der Waals surface area (Å²) < 4.78 is 10.8. The zero-order valence-electron chi connectivity index (χ0n) is 12.5. The molecule has 110 valence electrons. The van der Waals surface area contributed by atoms with Gasteiger partial charge in [0.2, 0.25) is 0 Å². The maximum absolute atomic E-state index is 5.50. The van der Waals surface area contributed by atoms with Crippen LogP contribution in [0.4, 0.5) is 0 Å². The van der Waals surface area contributed by atoms with E-state index in [1.807, 2.05) is 31.3 Å². The molecule has 0 radical (unpaired) electrons. The molecule has 0 aliphatic carbocycles. The van der Waals surface area contributed by atoms with Gasteiger partial charge in [0.15, 0.2) is 11.5 Å². The molecule has 0 spiro atoms. The predicted octanol–water partition coefficient (Wildman–Crippen LogP) is 1.68. The second-order valence-electron chi connectivity index (χ2n) is 4.84. The van der Waals surface area contributed by atoms with Gasteiger partial charge in [-0.05, 0) is 37.7 Å². The molecule has 1 aromatic rings. The van der Waals surface area contributed by atoms with E-state index in [9.17, 15) is 0 Å². The number of methoxy groups -OCH3 is 1. The molecule has 1 heterocycles. The topological polar surface area (TPSA) is 37.3 Å². The quantitative estimate of drug-likeness (QED) is 0.767. The van der Waals surface area contributed by atoms with Crippen molar-refractivity contribution in [3.05, 3.63) is 23.8 Å². The highest BCUT2D eigenvalue weighted by atomic mass is 16.5. The third-order valence-electron chi connectivity index (χ3n) is 3.34. The number of nitrogens with zero attached hydrogens (tertiary/aromatic N) is 3. The van der Waals surface area contributed by atoms with Crippen LogP contribution >= 0.6 is 0 Å². The summed E-state index contributed by atoms with van der Waals surface area (Å²) in [5.74, 6) is 1.51. The van der Waals surface area contributed by atoms with Gasteiger partial charge >= 0.3 is 0 Å². The maximum atomic E-state index is 5.50. The van der Waals surface area contributed by atoms with E-state index in [1.54, 1.807) is 7.11 Å². The molecule has 0 bridgehead atoms. The molecular weight excluding hydrogens is 254 g/mol. The Morgan fingerprint density at radius 2 is 1.95 bits per heavy atom. The lowest BCUT2D eigenvalue weighted by Crippen LogP contribution is -2.41. The average molecular weight is 277 g/mol. The second-order valence-corrected chi connectivity index (χ2v) is 4.84. The monoisotopic (exact) mass is 277 g/mol. The van der Waals surface area contributed by atoms with Gasteiger partial charge in [0, 0.05) is 26.2 Å². The minimum atomic E-state index is 0.630. The molecule has 5 heteroatoms. The Balaban J connectivity index is 2.02. The molecule has 1 aliphatic rings. The standard InChI is InChI=1S/C15H23N3O2/c1-4-20-14-6-5-13(11-15(14)19-3)12-16-18-9-7-17(2)8-10-18/h5-6,11-12H,4,7-10H2,1-3H3/b16-12+. The van der Waals surface area contributed by atoms with Crippen LogP contribution in [-0.2, 0) is 0 Å². The first kappa shape index (κ1) is 14.7. The minimum absolute atomic E-state index is 0.630. The molecule has 0 atom stereocenters. The normalized spacial score (nSPS) is 16.6. The van der Waals surface area contributed by atoms with Crippen LogP contribution in [-0.4, -0.2) is 63.1 Å². The lowest BCUT2D eigenvalue weighted by atomic mass is 10.2. The van der Waals surface area contributed by atoms with Crippen molar-refractivity contribution in [3.8, 4) is 11.5 Å². The molecule has 2 rings (SSSR count). The number of benzene rings is 1. The summed E-state index contributed by atoms with van der Waals surface area (Å²) in [7, 11) is 3.79. The number of piperazine rings is 1. The highest BCUT2D eigenvalue weighted by Crippen LogP contribution is 2.27. The Labute approximate surface area is 120 Å². The predicted molar refractivity (Wildman–Crippen MR) is 80.8 cm³/mol. The van der Waals surface area contributed by atoms with Crippen molar-refractivity contribution in [2.24, 2.45) is 5.10 Å². The van der Waals surface area contributed by atoms with Crippen LogP contribution in [0.5, 0.6) is 11.5 Å². The summed E-state index contributed by atoms with van der Waals surface area (Å²) in [5, 5.41) is 6.62. The number of rotatable bonds is 5. The van der Waals surface area contributed by atoms with Gasteiger partial charge in [-0.1, -0.05) is 0 Å². The van der Waals surface area contributed by atoms with Crippen LogP contribution < -0.4 is 9.47 Å². The van der Waals surface area contributed by atoms with Crippen LogP contribution in [0.15, 0.2) is 23.3 Å². The van der Waals surface area contributed by atoms with Crippen molar-refractivity contribution < 1.29 is 9.47 Å². The molecule has 1 fully saturated rings. The number of ether oxygens (including phenoxy) is 2. The molecule has 5 nitrogen and oxygen atoms in total. The summed E-state index contributed by atoms with van der Waals surface area (Å²) in [4.78, 5) is 2.31. The first-order chi connectivity index (χ1) is 9.72. The lowest BCUT2D eigenvalue weighted by Gasteiger charge is -2.30. The summed E-state index contributed by atoms with van der Waals surface area (Å²) in [6, 6.07) is 5.87. The Hall–Kier alpha value is -1.75. The lowest BCUT2D eigenvalue weighted by molar-refractivity contribution is 0.159. The zero-order valence-corrected chi connectivity index (χ0v) is 12.5. The Bertz CT molecular complexity index is 454. The molecule has 0 N–H and O–H groups in total. The smallest absolute Gasteiger partial charge is 0.161 e. The van der Waals surface area contributed by atoms with E-state index in [4.69, 9.17) is 9.47 Å². The minimum Gasteiger partial charge on any atom is -0.493 e. The molecule has 1 saturated heterocycles. The van der Waals surface area contributed by atoms with Crippen molar-refractivity contribution in [2.45, 2.75) is 6.92 Å². The van der Waals surface area contributed by atoms with Crippen molar-refractivity contribution in [3.63, 3.8) is 0 Å². The van der Waals surface area contributed by atoms with Gasteiger partial charge in [0.1, 0.15) is 0 Å². The fourth-order valence-corrected chi connectivity index (χ4v) is 2.10. The van der Waals surface area contributed by atoms with E-state index in [2.05, 4.69) is 22.1 Å². The van der Waals surface area contributed by atoms with Crippen LogP contribution in [0, 0.1) is 0 Å². The van der Waals surface area contributed by atoms with Crippen LogP contribution in [0.2, 0.25) is 0 Å². The van der Waals surface area contributed by atoms with E-state index >= 15 is 0 Å². The highest BCUT2D eigenvalue weighted by Gasteiger charge is 2.11. The van der Waals surface area contributed by atoms with Crippen molar-refractivity contribution in [2.75, 3.05) is 46.9 Å². The summed E-state index contributed by atoms with van der Waals surface area (Å²) >= 11 is 0. The highest BCUT2D eigenvalue weighted by molar-refractivity contribution is 5.80. The first-order valence-electron chi connectivity index (χ1n) is 7.01. The number of hydrazone groups is 1. The van der Waals surface area contributed by atoms with Crippen LogP contribution in [0.3, 0.4) is 0 Å². The Morgan fingerprint density at radius 1 is 1.20 bits per heavy atom. The van der Waals surface area contributed by atoms with Crippen molar-refractivity contribution in [1.29, 1.82) is 0 Å². The molecule has 20 heavy (non-hydrogen) atoms. The van der Waals surface area contributed by atoms with Crippen LogP contribution in [0.1, 0.15) is 12.5 Å². The van der Waals surface area contributed by atoms with E-state index in [0.717, 1.165) is 43.2 Å². The fourth-order valence-electron chi connectivity index (χ4n) is 2.10. The van der Waals surface area contributed by atoms with E-state index < -0.39 is 0 Å². The molecule has 1 aliphatic heterocycles. The molecule has 1 aromatic carbocycles. The van der Waals surface area contributed by atoms with Crippen LogP contribution in [0.25, 0.3) is 0 Å². The number of hydrogen-bond acceptors (Lipinski definition) is 5. The maximum Gasteiger partial charge on any atom is 0.161 e. The fraction of sp³-hybridized carbons (Fsp3) is 0.533. The Morgan fingerprint density at radius 3 is 2.60 bits per heavy atom. The Kier molecular flexibility index (Phi) is 5.24. The first-order valence-corrected chi connectivity index (χ1v) is 7.01. The zero-order chi connectivity index (χ0) is 14.4. The third kappa shape index (κ3) is 3.87. The summed E-state index contributed by atoms with van der Waals surface area (Å²) in [5.41, 5.74) is 1.02. The van der Waals surface area contributed by atoms with E-state index in [0.29, 0.717) is 6.61 Å².